The van der Waals surface area contributed by atoms with E-state index >= 15 is 0 Å². The molecule has 9 heteroatoms. The van der Waals surface area contributed by atoms with Gasteiger partial charge in [-0.15, -0.1) is 0 Å². The van der Waals surface area contributed by atoms with Gasteiger partial charge in [-0.2, -0.15) is 13.2 Å². The monoisotopic (exact) mass is 343 g/mol. The fourth-order valence-electron chi connectivity index (χ4n) is 2.50. The van der Waals surface area contributed by atoms with Crippen LogP contribution in [0.1, 0.15) is 24.0 Å². The van der Waals surface area contributed by atoms with E-state index in [1.165, 1.54) is 18.2 Å². The van der Waals surface area contributed by atoms with Crippen LogP contribution >= 0.6 is 0 Å². The van der Waals surface area contributed by atoms with Crippen molar-refractivity contribution < 1.29 is 27.6 Å². The molecule has 4 N–H and O–H groups in total. The Morgan fingerprint density at radius 3 is 2.54 bits per heavy atom. The largest absolute Gasteiger partial charge is 0.416 e. The maximum absolute atomic E-state index is 13.0. The second kappa shape index (κ2) is 6.90. The standard InChI is InChI=1S/C15H16F3N3O3/c16-15(17,18)9-4-2-1-3-8(9)7-11(13(19)23)21-14(24)10-5-6-12(22)20-10/h1-4,10-11H,5-7H2,(H2,19,23)(H,20,22)(H,21,24)/t10-,11+/m0/s1. The zero-order valence-corrected chi connectivity index (χ0v) is 12.5. The second-order valence-corrected chi connectivity index (χ2v) is 5.48. The van der Waals surface area contributed by atoms with E-state index in [0.29, 0.717) is 0 Å². The van der Waals surface area contributed by atoms with Gasteiger partial charge in [0.2, 0.25) is 17.7 Å². The summed E-state index contributed by atoms with van der Waals surface area (Å²) in [6, 6.07) is 2.64. The SMILES string of the molecule is NC(=O)[C@@H](Cc1ccccc1C(F)(F)F)NC(=O)[C@@H]1CCC(=O)N1. The quantitative estimate of drug-likeness (QED) is 0.725. The summed E-state index contributed by atoms with van der Waals surface area (Å²) in [4.78, 5) is 34.7. The van der Waals surface area contributed by atoms with Crippen LogP contribution in [-0.4, -0.2) is 29.8 Å². The first-order valence-electron chi connectivity index (χ1n) is 7.22. The smallest absolute Gasteiger partial charge is 0.368 e. The number of carbonyl (C=O) groups is 3. The van der Waals surface area contributed by atoms with Crippen LogP contribution in [0.5, 0.6) is 0 Å². The van der Waals surface area contributed by atoms with E-state index in [1.54, 1.807) is 0 Å². The predicted molar refractivity (Wildman–Crippen MR) is 77.4 cm³/mol. The molecule has 24 heavy (non-hydrogen) atoms. The number of hydrogen-bond acceptors (Lipinski definition) is 3. The average molecular weight is 343 g/mol. The molecule has 1 aromatic carbocycles. The van der Waals surface area contributed by atoms with Crippen LogP contribution in [-0.2, 0) is 27.0 Å². The highest BCUT2D eigenvalue weighted by molar-refractivity contribution is 5.93. The Hall–Kier alpha value is -2.58. The number of alkyl halides is 3. The number of halogens is 3. The topological polar surface area (TPSA) is 101 Å². The van der Waals surface area contributed by atoms with Gasteiger partial charge < -0.3 is 16.4 Å². The summed E-state index contributed by atoms with van der Waals surface area (Å²) in [5, 5.41) is 4.72. The lowest BCUT2D eigenvalue weighted by Gasteiger charge is -2.20. The fraction of sp³-hybridized carbons (Fsp3) is 0.400. The minimum absolute atomic E-state index is 0.149. The Kier molecular flexibility index (Phi) is 5.10. The maximum Gasteiger partial charge on any atom is 0.416 e. The number of carbonyl (C=O) groups excluding carboxylic acids is 3. The van der Waals surface area contributed by atoms with Gasteiger partial charge in [-0.1, -0.05) is 18.2 Å². The fourth-order valence-corrected chi connectivity index (χ4v) is 2.50. The highest BCUT2D eigenvalue weighted by Gasteiger charge is 2.35. The predicted octanol–water partition coefficient (Wildman–Crippen LogP) is 0.497. The zero-order valence-electron chi connectivity index (χ0n) is 12.5. The van der Waals surface area contributed by atoms with Gasteiger partial charge in [0.1, 0.15) is 12.1 Å². The van der Waals surface area contributed by atoms with Gasteiger partial charge in [0.15, 0.2) is 0 Å². The molecule has 0 saturated carbocycles. The highest BCUT2D eigenvalue weighted by atomic mass is 19.4. The summed E-state index contributed by atoms with van der Waals surface area (Å²) < 4.78 is 39.0. The number of hydrogen-bond donors (Lipinski definition) is 3. The minimum atomic E-state index is -4.58. The Bertz CT molecular complexity index is 661. The molecule has 1 aromatic rings. The zero-order chi connectivity index (χ0) is 17.9. The van der Waals surface area contributed by atoms with Crippen LogP contribution in [0.4, 0.5) is 13.2 Å². The van der Waals surface area contributed by atoms with Gasteiger partial charge >= 0.3 is 6.18 Å². The Balaban J connectivity index is 2.14. The van der Waals surface area contributed by atoms with E-state index in [1.807, 2.05) is 0 Å². The van der Waals surface area contributed by atoms with Gasteiger partial charge in [-0.3, -0.25) is 14.4 Å². The Morgan fingerprint density at radius 2 is 2.00 bits per heavy atom. The summed E-state index contributed by atoms with van der Waals surface area (Å²) in [6.45, 7) is 0. The van der Waals surface area contributed by atoms with Crippen LogP contribution in [0.2, 0.25) is 0 Å². The van der Waals surface area contributed by atoms with Crippen molar-refractivity contribution >= 4 is 17.7 Å². The van der Waals surface area contributed by atoms with Crippen LogP contribution in [0.15, 0.2) is 24.3 Å². The molecule has 0 bridgehead atoms. The van der Waals surface area contributed by atoms with Crippen LogP contribution in [0.25, 0.3) is 0 Å². The highest BCUT2D eigenvalue weighted by Crippen LogP contribution is 2.32. The molecule has 0 radical (unpaired) electrons. The summed E-state index contributed by atoms with van der Waals surface area (Å²) in [6.07, 6.45) is -4.54. The minimum Gasteiger partial charge on any atom is -0.368 e. The normalized spacial score (nSPS) is 18.8. The number of amides is 3. The molecule has 0 aromatic heterocycles. The third-order valence-electron chi connectivity index (χ3n) is 3.72. The van der Waals surface area contributed by atoms with Gasteiger partial charge in [-0.25, -0.2) is 0 Å². The van der Waals surface area contributed by atoms with Gasteiger partial charge in [0.25, 0.3) is 0 Å². The summed E-state index contributed by atoms with van der Waals surface area (Å²) >= 11 is 0. The summed E-state index contributed by atoms with van der Waals surface area (Å²) in [5.74, 6) is -1.90. The first-order chi connectivity index (χ1) is 11.2. The van der Waals surface area contributed by atoms with Crippen molar-refractivity contribution in [3.63, 3.8) is 0 Å². The van der Waals surface area contributed by atoms with E-state index in [2.05, 4.69) is 10.6 Å². The third-order valence-corrected chi connectivity index (χ3v) is 3.72. The molecule has 1 saturated heterocycles. The first kappa shape index (κ1) is 17.8. The summed E-state index contributed by atoms with van der Waals surface area (Å²) in [5.41, 5.74) is 4.16. The van der Waals surface area contributed by atoms with E-state index < -0.39 is 42.1 Å². The van der Waals surface area contributed by atoms with Crippen molar-refractivity contribution in [3.05, 3.63) is 35.4 Å². The summed E-state index contributed by atoms with van der Waals surface area (Å²) in [7, 11) is 0. The average Bonchev–Trinajstić information content (AvgIpc) is 2.92. The lowest BCUT2D eigenvalue weighted by molar-refractivity contribution is -0.138. The molecular weight excluding hydrogens is 327 g/mol. The van der Waals surface area contributed by atoms with E-state index in [0.717, 1.165) is 6.07 Å². The third kappa shape index (κ3) is 4.24. The van der Waals surface area contributed by atoms with Crippen molar-refractivity contribution in [1.29, 1.82) is 0 Å². The molecule has 6 nitrogen and oxygen atoms in total. The van der Waals surface area contributed by atoms with Crippen LogP contribution in [0.3, 0.4) is 0 Å². The lowest BCUT2D eigenvalue weighted by atomic mass is 9.99. The number of benzene rings is 1. The number of nitrogens with two attached hydrogens (primary N) is 1. The molecule has 1 aliphatic heterocycles. The van der Waals surface area contributed by atoms with Crippen molar-refractivity contribution in [2.24, 2.45) is 5.73 Å². The Labute approximate surface area is 135 Å². The number of nitrogens with one attached hydrogen (secondary N) is 2. The van der Waals surface area contributed by atoms with Crippen molar-refractivity contribution in [1.82, 2.24) is 10.6 Å². The lowest BCUT2D eigenvalue weighted by Crippen LogP contribution is -2.51. The van der Waals surface area contributed by atoms with Gasteiger partial charge in [-0.05, 0) is 18.1 Å². The molecule has 1 fully saturated rings. The Morgan fingerprint density at radius 1 is 1.33 bits per heavy atom. The van der Waals surface area contributed by atoms with E-state index in [4.69, 9.17) is 5.73 Å². The van der Waals surface area contributed by atoms with Gasteiger partial charge in [0.05, 0.1) is 5.56 Å². The van der Waals surface area contributed by atoms with Crippen molar-refractivity contribution in [3.8, 4) is 0 Å². The molecule has 0 spiro atoms. The molecule has 1 aliphatic rings. The molecule has 2 atom stereocenters. The van der Waals surface area contributed by atoms with Crippen LogP contribution < -0.4 is 16.4 Å². The molecular formula is C15H16F3N3O3. The molecule has 1 heterocycles. The molecule has 130 valence electrons. The van der Waals surface area contributed by atoms with Gasteiger partial charge in [0, 0.05) is 12.8 Å². The second-order valence-electron chi connectivity index (χ2n) is 5.48. The molecule has 2 rings (SSSR count). The van der Waals surface area contributed by atoms with Crippen LogP contribution in [0, 0.1) is 0 Å². The van der Waals surface area contributed by atoms with E-state index in [-0.39, 0.29) is 24.3 Å². The number of primary amides is 1. The molecule has 3 amide bonds. The first-order valence-corrected chi connectivity index (χ1v) is 7.22. The van der Waals surface area contributed by atoms with Crippen molar-refractivity contribution in [2.45, 2.75) is 37.5 Å². The van der Waals surface area contributed by atoms with Crippen molar-refractivity contribution in [2.75, 3.05) is 0 Å². The molecule has 0 unspecified atom stereocenters. The maximum atomic E-state index is 13.0. The van der Waals surface area contributed by atoms with E-state index in [9.17, 15) is 27.6 Å². The number of rotatable bonds is 5. The molecule has 0 aliphatic carbocycles.